The summed E-state index contributed by atoms with van der Waals surface area (Å²) in [6, 6.07) is 9.54. The number of carbonyl (C=O) groups excluding carboxylic acids is 2. The average Bonchev–Trinajstić information content (AvgIpc) is 2.54. The highest BCUT2D eigenvalue weighted by Gasteiger charge is 2.38. The Morgan fingerprint density at radius 3 is 2.48 bits per heavy atom. The van der Waals surface area contributed by atoms with Gasteiger partial charge in [0.25, 0.3) is 0 Å². The fourth-order valence-corrected chi connectivity index (χ4v) is 3.02. The quantitative estimate of drug-likeness (QED) is 0.814. The number of unbranched alkanes of at least 4 members (excludes halogenated alkanes) is 1. The van der Waals surface area contributed by atoms with Crippen LogP contribution in [0.5, 0.6) is 0 Å². The van der Waals surface area contributed by atoms with Gasteiger partial charge in [0.1, 0.15) is 11.6 Å². The topological polar surface area (TPSA) is 49.9 Å². The molecule has 1 aliphatic heterocycles. The first-order valence-corrected chi connectivity index (χ1v) is 9.14. The molecule has 0 N–H and O–H groups in total. The van der Waals surface area contributed by atoms with Crippen molar-refractivity contribution in [3.05, 3.63) is 35.9 Å². The van der Waals surface area contributed by atoms with E-state index >= 15 is 0 Å². The van der Waals surface area contributed by atoms with Gasteiger partial charge >= 0.3 is 6.09 Å². The fourth-order valence-electron chi connectivity index (χ4n) is 3.02. The SMILES string of the molecule is CCCC[C@H]1C(=O)N(Cc2ccccc2)CCN1C(=O)OC(C)(C)C. The normalized spacial score (nSPS) is 18.4. The lowest BCUT2D eigenvalue weighted by atomic mass is 10.0. The van der Waals surface area contributed by atoms with Gasteiger partial charge in [0.2, 0.25) is 5.91 Å². The average molecular weight is 346 g/mol. The summed E-state index contributed by atoms with van der Waals surface area (Å²) in [5.41, 5.74) is 0.548. The Kier molecular flexibility index (Phi) is 6.45. The maximum Gasteiger partial charge on any atom is 0.411 e. The zero-order valence-corrected chi connectivity index (χ0v) is 15.8. The first kappa shape index (κ1) is 19.3. The summed E-state index contributed by atoms with van der Waals surface area (Å²) in [6.45, 7) is 9.27. The second kappa shape index (κ2) is 8.37. The van der Waals surface area contributed by atoms with Crippen LogP contribution in [-0.4, -0.2) is 46.5 Å². The summed E-state index contributed by atoms with van der Waals surface area (Å²) in [4.78, 5) is 29.0. The van der Waals surface area contributed by atoms with Crippen molar-refractivity contribution in [1.29, 1.82) is 0 Å². The van der Waals surface area contributed by atoms with Gasteiger partial charge in [-0.15, -0.1) is 0 Å². The summed E-state index contributed by atoms with van der Waals surface area (Å²) in [7, 11) is 0. The summed E-state index contributed by atoms with van der Waals surface area (Å²) in [6.07, 6.45) is 2.20. The highest BCUT2D eigenvalue weighted by atomic mass is 16.6. The van der Waals surface area contributed by atoms with Gasteiger partial charge in [-0.2, -0.15) is 0 Å². The zero-order chi connectivity index (χ0) is 18.4. The lowest BCUT2D eigenvalue weighted by molar-refractivity contribution is -0.142. The van der Waals surface area contributed by atoms with E-state index in [4.69, 9.17) is 4.74 Å². The molecular weight excluding hydrogens is 316 g/mol. The van der Waals surface area contributed by atoms with Crippen molar-refractivity contribution in [3.63, 3.8) is 0 Å². The van der Waals surface area contributed by atoms with E-state index in [9.17, 15) is 9.59 Å². The van der Waals surface area contributed by atoms with Gasteiger partial charge in [-0.3, -0.25) is 9.69 Å². The molecule has 0 spiro atoms. The van der Waals surface area contributed by atoms with Crippen LogP contribution in [0.25, 0.3) is 0 Å². The van der Waals surface area contributed by atoms with E-state index in [0.717, 1.165) is 18.4 Å². The van der Waals surface area contributed by atoms with E-state index in [2.05, 4.69) is 6.92 Å². The molecule has 0 radical (unpaired) electrons. The molecule has 1 heterocycles. The number of rotatable bonds is 5. The maximum atomic E-state index is 13.0. The largest absolute Gasteiger partial charge is 0.444 e. The van der Waals surface area contributed by atoms with E-state index in [1.54, 1.807) is 4.90 Å². The zero-order valence-electron chi connectivity index (χ0n) is 15.8. The molecule has 5 heteroatoms. The minimum Gasteiger partial charge on any atom is -0.444 e. The van der Waals surface area contributed by atoms with Gasteiger partial charge in [0.15, 0.2) is 0 Å². The summed E-state index contributed by atoms with van der Waals surface area (Å²) in [5, 5.41) is 0. The Hall–Kier alpha value is -2.04. The third kappa shape index (κ3) is 5.48. The second-order valence-electron chi connectivity index (χ2n) is 7.58. The van der Waals surface area contributed by atoms with Gasteiger partial charge in [-0.25, -0.2) is 4.79 Å². The maximum absolute atomic E-state index is 13.0. The molecule has 0 saturated carbocycles. The van der Waals surface area contributed by atoms with Gasteiger partial charge in [0, 0.05) is 19.6 Å². The molecule has 2 rings (SSSR count). The number of hydrogen-bond donors (Lipinski definition) is 0. The molecule has 138 valence electrons. The van der Waals surface area contributed by atoms with Crippen LogP contribution in [0.3, 0.4) is 0 Å². The molecule has 1 aliphatic rings. The standard InChI is InChI=1S/C20H30N2O3/c1-5-6-12-17-18(23)21(15-16-10-8-7-9-11-16)13-14-22(17)19(24)25-20(2,3)4/h7-11,17H,5-6,12-15H2,1-4H3/t17-/m0/s1. The van der Waals surface area contributed by atoms with E-state index in [1.165, 1.54) is 0 Å². The lowest BCUT2D eigenvalue weighted by Crippen LogP contribution is -2.59. The van der Waals surface area contributed by atoms with Crippen molar-refractivity contribution >= 4 is 12.0 Å². The van der Waals surface area contributed by atoms with E-state index in [1.807, 2.05) is 56.0 Å². The fraction of sp³-hybridized carbons (Fsp3) is 0.600. The molecule has 1 aromatic rings. The number of ether oxygens (including phenoxy) is 1. The van der Waals surface area contributed by atoms with Crippen LogP contribution in [0.4, 0.5) is 4.79 Å². The van der Waals surface area contributed by atoms with Gasteiger partial charge in [-0.05, 0) is 32.8 Å². The summed E-state index contributed by atoms with van der Waals surface area (Å²) < 4.78 is 5.51. The highest BCUT2D eigenvalue weighted by Crippen LogP contribution is 2.21. The van der Waals surface area contributed by atoms with E-state index < -0.39 is 11.6 Å². The van der Waals surface area contributed by atoms with Crippen LogP contribution in [0.1, 0.15) is 52.5 Å². The van der Waals surface area contributed by atoms with E-state index in [-0.39, 0.29) is 12.0 Å². The molecule has 2 amide bonds. The lowest BCUT2D eigenvalue weighted by Gasteiger charge is -2.41. The Morgan fingerprint density at radius 1 is 1.20 bits per heavy atom. The van der Waals surface area contributed by atoms with Crippen molar-refractivity contribution in [3.8, 4) is 0 Å². The van der Waals surface area contributed by atoms with Crippen LogP contribution in [0, 0.1) is 0 Å². The number of benzene rings is 1. The van der Waals surface area contributed by atoms with Crippen LogP contribution in [0.15, 0.2) is 30.3 Å². The minimum atomic E-state index is -0.559. The minimum absolute atomic E-state index is 0.0226. The number of amides is 2. The van der Waals surface area contributed by atoms with Crippen molar-refractivity contribution in [1.82, 2.24) is 9.80 Å². The Bertz CT molecular complexity index is 580. The molecule has 0 bridgehead atoms. The molecule has 5 nitrogen and oxygen atoms in total. The van der Waals surface area contributed by atoms with Gasteiger partial charge in [0.05, 0.1) is 0 Å². The molecule has 0 aromatic heterocycles. The predicted molar refractivity (Wildman–Crippen MR) is 98.1 cm³/mol. The molecule has 1 atom stereocenters. The summed E-state index contributed by atoms with van der Waals surface area (Å²) in [5.74, 6) is 0.0226. The van der Waals surface area contributed by atoms with Gasteiger partial charge in [-0.1, -0.05) is 50.1 Å². The second-order valence-corrected chi connectivity index (χ2v) is 7.58. The predicted octanol–water partition coefficient (Wildman–Crippen LogP) is 3.82. The van der Waals surface area contributed by atoms with Crippen LogP contribution >= 0.6 is 0 Å². The number of nitrogens with zero attached hydrogens (tertiary/aromatic N) is 2. The Labute approximate surface area is 150 Å². The molecule has 1 aromatic carbocycles. The Morgan fingerprint density at radius 2 is 1.88 bits per heavy atom. The monoisotopic (exact) mass is 346 g/mol. The summed E-state index contributed by atoms with van der Waals surface area (Å²) >= 11 is 0. The molecule has 1 fully saturated rings. The van der Waals surface area contributed by atoms with Crippen molar-refractivity contribution in [2.75, 3.05) is 13.1 Å². The molecule has 25 heavy (non-hydrogen) atoms. The highest BCUT2D eigenvalue weighted by molar-refractivity contribution is 5.87. The third-order valence-corrected chi connectivity index (χ3v) is 4.26. The third-order valence-electron chi connectivity index (χ3n) is 4.26. The van der Waals surface area contributed by atoms with Crippen molar-refractivity contribution in [2.45, 2.75) is 65.1 Å². The first-order valence-electron chi connectivity index (χ1n) is 9.14. The van der Waals surface area contributed by atoms with Crippen LogP contribution in [0.2, 0.25) is 0 Å². The number of hydrogen-bond acceptors (Lipinski definition) is 3. The first-order chi connectivity index (χ1) is 11.8. The van der Waals surface area contributed by atoms with E-state index in [0.29, 0.717) is 26.1 Å². The van der Waals surface area contributed by atoms with Crippen molar-refractivity contribution in [2.24, 2.45) is 0 Å². The number of piperazine rings is 1. The van der Waals surface area contributed by atoms with Crippen LogP contribution < -0.4 is 0 Å². The molecular formula is C20H30N2O3. The van der Waals surface area contributed by atoms with Crippen molar-refractivity contribution < 1.29 is 14.3 Å². The van der Waals surface area contributed by atoms with Gasteiger partial charge < -0.3 is 9.64 Å². The number of carbonyl (C=O) groups is 2. The molecule has 0 unspecified atom stereocenters. The van der Waals surface area contributed by atoms with Crippen LogP contribution in [-0.2, 0) is 16.1 Å². The Balaban J connectivity index is 2.11. The molecule has 1 saturated heterocycles. The smallest absolute Gasteiger partial charge is 0.411 e. The molecule has 0 aliphatic carbocycles.